The van der Waals surface area contributed by atoms with Crippen LogP contribution >= 0.6 is 0 Å². The monoisotopic (exact) mass is 121 g/mol. The maximum atomic E-state index is 8.56. The summed E-state index contributed by atoms with van der Waals surface area (Å²) in [6, 6.07) is 0. The SMILES string of the molecule is N.O=C(O)O.[Ca+2].[H-].[H-]. The average Bonchev–Trinajstić information content (AvgIpc) is 0.811. The van der Waals surface area contributed by atoms with Gasteiger partial charge < -0.3 is 19.2 Å². The van der Waals surface area contributed by atoms with Crippen LogP contribution in [0.4, 0.5) is 4.79 Å². The molecule has 0 unspecified atom stereocenters. The van der Waals surface area contributed by atoms with Gasteiger partial charge in [0, 0.05) is 0 Å². The zero-order chi connectivity index (χ0) is 3.58. The van der Waals surface area contributed by atoms with Crippen molar-refractivity contribution in [3.63, 3.8) is 0 Å². The van der Waals surface area contributed by atoms with Crippen molar-refractivity contribution in [2.75, 3.05) is 0 Å². The fourth-order valence-corrected chi connectivity index (χ4v) is 0. The van der Waals surface area contributed by atoms with E-state index in [4.69, 9.17) is 15.0 Å². The van der Waals surface area contributed by atoms with Crippen LogP contribution in [0.15, 0.2) is 0 Å². The molecule has 4 nitrogen and oxygen atoms in total. The fourth-order valence-electron chi connectivity index (χ4n) is 0. The minimum Gasteiger partial charge on any atom is -1.00 e. The van der Waals surface area contributed by atoms with Crippen molar-refractivity contribution in [3.05, 3.63) is 0 Å². The molecule has 5 N–H and O–H groups in total. The van der Waals surface area contributed by atoms with Crippen molar-refractivity contribution >= 4 is 43.9 Å². The summed E-state index contributed by atoms with van der Waals surface area (Å²) >= 11 is 0. The zero-order valence-electron chi connectivity index (χ0n) is 5.22. The van der Waals surface area contributed by atoms with E-state index < -0.39 is 6.16 Å². The summed E-state index contributed by atoms with van der Waals surface area (Å²) in [7, 11) is 0. The standard InChI is InChI=1S/CH2O3.Ca.H3N.2H/c2-1(3)4;;;;/h(H2,2,3,4);;1H3;;/q;+2;;2*-1. The number of rotatable bonds is 0. The maximum absolute atomic E-state index is 8.56. The van der Waals surface area contributed by atoms with Crippen LogP contribution in [0.1, 0.15) is 2.85 Å². The smallest absolute Gasteiger partial charge is 1.00 e. The molecule has 0 bridgehead atoms. The largest absolute Gasteiger partial charge is 2.00 e. The molecule has 0 spiro atoms. The van der Waals surface area contributed by atoms with Gasteiger partial charge in [0.05, 0.1) is 0 Å². The summed E-state index contributed by atoms with van der Waals surface area (Å²) in [6.07, 6.45) is -1.83. The first kappa shape index (κ1) is 16.1. The van der Waals surface area contributed by atoms with Crippen molar-refractivity contribution in [1.82, 2.24) is 6.15 Å². The topological polar surface area (TPSA) is 92.5 Å². The molecule has 36 valence electrons. The summed E-state index contributed by atoms with van der Waals surface area (Å²) in [5.41, 5.74) is 0. The first-order valence-corrected chi connectivity index (χ1v) is 0.651. The van der Waals surface area contributed by atoms with Crippen LogP contribution in [0.5, 0.6) is 0 Å². The Bertz CT molecular complexity index is 40.3. The molecule has 0 saturated carbocycles. The van der Waals surface area contributed by atoms with Crippen molar-refractivity contribution < 1.29 is 17.9 Å². The van der Waals surface area contributed by atoms with Gasteiger partial charge in [0.1, 0.15) is 0 Å². The molecule has 0 aromatic heterocycles. The fraction of sp³-hybridized carbons (Fsp3) is 0. The average molecular weight is 121 g/mol. The molecule has 0 aromatic rings. The molecule has 0 aliphatic rings. The predicted octanol–water partition coefficient (Wildman–Crippen LogP) is 0.229. The third-order valence-electron chi connectivity index (χ3n) is 0. The molecule has 0 aliphatic heterocycles. The predicted molar refractivity (Wildman–Crippen MR) is 23.7 cm³/mol. The summed E-state index contributed by atoms with van der Waals surface area (Å²) in [5.74, 6) is 0. The second-order valence-corrected chi connectivity index (χ2v) is 0.283. The Labute approximate surface area is 67.7 Å². The van der Waals surface area contributed by atoms with Gasteiger partial charge in [0.25, 0.3) is 0 Å². The summed E-state index contributed by atoms with van der Waals surface area (Å²) < 4.78 is 0. The molecule has 5 heteroatoms. The van der Waals surface area contributed by atoms with E-state index in [1.807, 2.05) is 0 Å². The van der Waals surface area contributed by atoms with Crippen molar-refractivity contribution in [2.24, 2.45) is 0 Å². The van der Waals surface area contributed by atoms with Gasteiger partial charge in [0.15, 0.2) is 0 Å². The van der Waals surface area contributed by atoms with Crippen LogP contribution in [-0.4, -0.2) is 54.1 Å². The van der Waals surface area contributed by atoms with Gasteiger partial charge in [-0.3, -0.25) is 0 Å². The molecule has 0 rings (SSSR count). The van der Waals surface area contributed by atoms with E-state index in [1.165, 1.54) is 0 Å². The first-order valence-electron chi connectivity index (χ1n) is 0.651. The van der Waals surface area contributed by atoms with Gasteiger partial charge in [-0.15, -0.1) is 0 Å². The van der Waals surface area contributed by atoms with E-state index in [0.717, 1.165) is 0 Å². The first-order chi connectivity index (χ1) is 1.73. The minimum atomic E-state index is -1.83. The Hall–Kier alpha value is 0.490. The van der Waals surface area contributed by atoms with E-state index in [9.17, 15) is 0 Å². The van der Waals surface area contributed by atoms with E-state index in [-0.39, 0.29) is 46.7 Å². The molecule has 0 fully saturated rings. The Morgan fingerprint density at radius 1 is 1.50 bits per heavy atom. The molecule has 6 heavy (non-hydrogen) atoms. The molecule has 0 radical (unpaired) electrons. The normalized spacial score (nSPS) is 4.00. The quantitative estimate of drug-likeness (QED) is 0.400. The molecule has 0 aromatic carbocycles. The number of carbonyl (C=O) groups is 1. The summed E-state index contributed by atoms with van der Waals surface area (Å²) in [6.45, 7) is 0. The summed E-state index contributed by atoms with van der Waals surface area (Å²) in [4.78, 5) is 8.56. The third-order valence-corrected chi connectivity index (χ3v) is 0. The van der Waals surface area contributed by atoms with Crippen LogP contribution in [0.3, 0.4) is 0 Å². The van der Waals surface area contributed by atoms with Gasteiger partial charge in [-0.25, -0.2) is 4.79 Å². The molecule has 0 heterocycles. The summed E-state index contributed by atoms with van der Waals surface area (Å²) in [5, 5.41) is 13.9. The van der Waals surface area contributed by atoms with Crippen LogP contribution in [0.2, 0.25) is 0 Å². The van der Waals surface area contributed by atoms with Gasteiger partial charge in [-0.1, -0.05) is 0 Å². The molecule has 0 aliphatic carbocycles. The van der Waals surface area contributed by atoms with Gasteiger partial charge >= 0.3 is 43.9 Å². The van der Waals surface area contributed by atoms with Crippen molar-refractivity contribution in [3.8, 4) is 0 Å². The Morgan fingerprint density at radius 3 is 1.50 bits per heavy atom. The third kappa shape index (κ3) is 228. The van der Waals surface area contributed by atoms with Crippen molar-refractivity contribution in [1.29, 1.82) is 0 Å². The van der Waals surface area contributed by atoms with E-state index in [0.29, 0.717) is 0 Å². The number of hydrogen-bond acceptors (Lipinski definition) is 2. The van der Waals surface area contributed by atoms with E-state index >= 15 is 0 Å². The molecule has 0 atom stereocenters. The second kappa shape index (κ2) is 9.09. The van der Waals surface area contributed by atoms with Crippen molar-refractivity contribution in [2.45, 2.75) is 0 Å². The second-order valence-electron chi connectivity index (χ2n) is 0.283. The number of hydrogen-bond donors (Lipinski definition) is 3. The van der Waals surface area contributed by atoms with Gasteiger partial charge in [-0.2, -0.15) is 0 Å². The van der Waals surface area contributed by atoms with E-state index in [1.54, 1.807) is 0 Å². The van der Waals surface area contributed by atoms with Crippen LogP contribution < -0.4 is 6.15 Å². The maximum Gasteiger partial charge on any atom is 2.00 e. The molecule has 0 amide bonds. The van der Waals surface area contributed by atoms with Gasteiger partial charge in [-0.05, 0) is 0 Å². The minimum absolute atomic E-state index is 0. The zero-order valence-corrected chi connectivity index (χ0v) is 5.43. The molecule has 0 saturated heterocycles. The van der Waals surface area contributed by atoms with Crippen LogP contribution in [0, 0.1) is 0 Å². The Morgan fingerprint density at radius 2 is 1.50 bits per heavy atom. The van der Waals surface area contributed by atoms with Gasteiger partial charge in [0.2, 0.25) is 0 Å². The van der Waals surface area contributed by atoms with Crippen LogP contribution in [-0.2, 0) is 0 Å². The Balaban J connectivity index is -0.00000000750. The van der Waals surface area contributed by atoms with Crippen LogP contribution in [0.25, 0.3) is 0 Å². The molecular weight excluding hydrogens is 114 g/mol. The van der Waals surface area contributed by atoms with E-state index in [2.05, 4.69) is 0 Å². The molecular formula is CH7CaNO3. The Kier molecular flexibility index (Phi) is 24.3. The number of carboxylic acid groups (broad SMARTS) is 2.